The average molecular weight is 300 g/mol. The van der Waals surface area contributed by atoms with Crippen LogP contribution in [0, 0.1) is 11.6 Å². The van der Waals surface area contributed by atoms with E-state index in [1.165, 1.54) is 11.0 Å². The minimum absolute atomic E-state index is 0.0967. The van der Waals surface area contributed by atoms with Crippen molar-refractivity contribution in [2.75, 3.05) is 25.1 Å². The van der Waals surface area contributed by atoms with Crippen molar-refractivity contribution >= 4 is 17.7 Å². The van der Waals surface area contributed by atoms with Gasteiger partial charge in [0.25, 0.3) is 0 Å². The second-order valence-electron chi connectivity index (χ2n) is 4.58. The molecule has 1 aliphatic rings. The van der Waals surface area contributed by atoms with Crippen molar-refractivity contribution < 1.29 is 28.2 Å². The third-order valence-electron chi connectivity index (χ3n) is 3.07. The Kier molecular flexibility index (Phi) is 4.69. The quantitative estimate of drug-likeness (QED) is 0.890. The van der Waals surface area contributed by atoms with Crippen LogP contribution in [0.25, 0.3) is 0 Å². The van der Waals surface area contributed by atoms with Gasteiger partial charge in [-0.15, -0.1) is 0 Å². The molecule has 21 heavy (non-hydrogen) atoms. The highest BCUT2D eigenvalue weighted by atomic mass is 19.2. The molecule has 8 heteroatoms. The molecule has 2 rings (SSSR count). The topological polar surface area (TPSA) is 78.9 Å². The lowest BCUT2D eigenvalue weighted by Crippen LogP contribution is -2.51. The zero-order valence-electron chi connectivity index (χ0n) is 11.0. The third-order valence-corrected chi connectivity index (χ3v) is 3.07. The molecule has 2 N–H and O–H groups in total. The maximum atomic E-state index is 13.1. The van der Waals surface area contributed by atoms with Gasteiger partial charge in [0.05, 0.1) is 25.7 Å². The summed E-state index contributed by atoms with van der Waals surface area (Å²) in [5, 5.41) is 11.2. The summed E-state index contributed by atoms with van der Waals surface area (Å²) in [6.45, 7) is 0.645. The van der Waals surface area contributed by atoms with Gasteiger partial charge in [-0.05, 0) is 12.1 Å². The Hall–Kier alpha value is -2.22. The van der Waals surface area contributed by atoms with Gasteiger partial charge in [0.1, 0.15) is 0 Å². The summed E-state index contributed by atoms with van der Waals surface area (Å²) in [4.78, 5) is 24.2. The molecule has 1 unspecified atom stereocenters. The Morgan fingerprint density at radius 2 is 2.14 bits per heavy atom. The maximum absolute atomic E-state index is 13.1. The molecule has 0 bridgehead atoms. The van der Waals surface area contributed by atoms with Crippen LogP contribution in [0.4, 0.5) is 19.3 Å². The molecule has 0 aliphatic carbocycles. The van der Waals surface area contributed by atoms with Gasteiger partial charge in [0.15, 0.2) is 11.6 Å². The monoisotopic (exact) mass is 300 g/mol. The number of halogens is 2. The summed E-state index contributed by atoms with van der Waals surface area (Å²) in [6, 6.07) is 1.82. The van der Waals surface area contributed by atoms with E-state index in [0.717, 1.165) is 12.1 Å². The number of ether oxygens (including phenoxy) is 1. The number of rotatable bonds is 3. The molecule has 0 aromatic heterocycles. The van der Waals surface area contributed by atoms with Crippen LogP contribution in [0.15, 0.2) is 18.2 Å². The summed E-state index contributed by atoms with van der Waals surface area (Å²) >= 11 is 0. The number of anilines is 1. The first kappa shape index (κ1) is 15.2. The van der Waals surface area contributed by atoms with Crippen molar-refractivity contribution in [3.05, 3.63) is 29.8 Å². The minimum Gasteiger partial charge on any atom is -0.481 e. The highest BCUT2D eigenvalue weighted by molar-refractivity contribution is 5.89. The fourth-order valence-corrected chi connectivity index (χ4v) is 2.06. The first-order valence-electron chi connectivity index (χ1n) is 6.29. The molecule has 1 aromatic rings. The number of carbonyl (C=O) groups excluding carboxylic acids is 1. The van der Waals surface area contributed by atoms with Gasteiger partial charge in [0.2, 0.25) is 0 Å². The highest BCUT2D eigenvalue weighted by Crippen LogP contribution is 2.16. The van der Waals surface area contributed by atoms with Crippen LogP contribution < -0.4 is 5.32 Å². The van der Waals surface area contributed by atoms with Crippen LogP contribution in [0.3, 0.4) is 0 Å². The largest absolute Gasteiger partial charge is 0.481 e. The predicted molar refractivity (Wildman–Crippen MR) is 68.9 cm³/mol. The maximum Gasteiger partial charge on any atom is 0.322 e. The van der Waals surface area contributed by atoms with Gasteiger partial charge in [-0.1, -0.05) is 0 Å². The van der Waals surface area contributed by atoms with Gasteiger partial charge >= 0.3 is 12.0 Å². The molecule has 1 aromatic carbocycles. The third kappa shape index (κ3) is 3.88. The van der Waals surface area contributed by atoms with Crippen LogP contribution in [-0.2, 0) is 9.53 Å². The van der Waals surface area contributed by atoms with Crippen molar-refractivity contribution in [3.63, 3.8) is 0 Å². The van der Waals surface area contributed by atoms with Gasteiger partial charge < -0.3 is 20.1 Å². The van der Waals surface area contributed by atoms with Crippen LogP contribution >= 0.6 is 0 Å². The van der Waals surface area contributed by atoms with E-state index in [1.807, 2.05) is 0 Å². The number of nitrogens with zero attached hydrogens (tertiary/aromatic N) is 1. The number of hydrogen-bond donors (Lipinski definition) is 2. The zero-order valence-corrected chi connectivity index (χ0v) is 11.0. The Morgan fingerprint density at radius 3 is 2.81 bits per heavy atom. The summed E-state index contributed by atoms with van der Waals surface area (Å²) in [5.41, 5.74) is 0.0967. The van der Waals surface area contributed by atoms with E-state index in [4.69, 9.17) is 9.84 Å². The fraction of sp³-hybridized carbons (Fsp3) is 0.385. The van der Waals surface area contributed by atoms with E-state index in [-0.39, 0.29) is 25.3 Å². The zero-order chi connectivity index (χ0) is 15.4. The van der Waals surface area contributed by atoms with E-state index >= 15 is 0 Å². The number of amides is 2. The number of nitrogens with one attached hydrogen (secondary N) is 1. The van der Waals surface area contributed by atoms with E-state index < -0.39 is 29.7 Å². The van der Waals surface area contributed by atoms with Gasteiger partial charge in [-0.3, -0.25) is 4.79 Å². The lowest BCUT2D eigenvalue weighted by Gasteiger charge is -2.34. The molecule has 2 amide bonds. The number of carboxylic acids is 1. The Balaban J connectivity index is 2.06. The Morgan fingerprint density at radius 1 is 1.38 bits per heavy atom. The van der Waals surface area contributed by atoms with Gasteiger partial charge in [0, 0.05) is 18.3 Å². The summed E-state index contributed by atoms with van der Waals surface area (Å²) < 4.78 is 31.1. The minimum atomic E-state index is -1.07. The Labute approximate surface area is 119 Å². The molecule has 0 spiro atoms. The number of carbonyl (C=O) groups is 2. The summed E-state index contributed by atoms with van der Waals surface area (Å²) in [5.74, 6) is -3.13. The standard InChI is InChI=1S/C13H14F2N2O4/c14-10-2-1-8(5-11(10)15)16-13(20)17-3-4-21-7-9(17)6-12(18)19/h1-2,5,9H,3-4,6-7H2,(H,16,20)(H,18,19). The van der Waals surface area contributed by atoms with Crippen LogP contribution in [0.5, 0.6) is 0 Å². The summed E-state index contributed by atoms with van der Waals surface area (Å²) in [7, 11) is 0. The number of urea groups is 1. The van der Waals surface area contributed by atoms with Crippen molar-refractivity contribution in [2.45, 2.75) is 12.5 Å². The van der Waals surface area contributed by atoms with Gasteiger partial charge in [-0.2, -0.15) is 0 Å². The first-order valence-corrected chi connectivity index (χ1v) is 6.29. The molecule has 0 saturated carbocycles. The van der Waals surface area contributed by atoms with E-state index in [2.05, 4.69) is 5.32 Å². The lowest BCUT2D eigenvalue weighted by atomic mass is 10.1. The van der Waals surface area contributed by atoms with Crippen molar-refractivity contribution in [2.24, 2.45) is 0 Å². The van der Waals surface area contributed by atoms with Crippen molar-refractivity contribution in [1.82, 2.24) is 4.90 Å². The molecule has 114 valence electrons. The van der Waals surface area contributed by atoms with Crippen LogP contribution in [-0.4, -0.2) is 47.8 Å². The number of hydrogen-bond acceptors (Lipinski definition) is 3. The van der Waals surface area contributed by atoms with Gasteiger partial charge in [-0.25, -0.2) is 13.6 Å². The number of aliphatic carboxylic acids is 1. The highest BCUT2D eigenvalue weighted by Gasteiger charge is 2.29. The van der Waals surface area contributed by atoms with E-state index in [9.17, 15) is 18.4 Å². The van der Waals surface area contributed by atoms with Crippen molar-refractivity contribution in [3.8, 4) is 0 Å². The molecule has 6 nitrogen and oxygen atoms in total. The molecule has 1 atom stereocenters. The van der Waals surface area contributed by atoms with E-state index in [0.29, 0.717) is 6.61 Å². The smallest absolute Gasteiger partial charge is 0.322 e. The molecule has 1 heterocycles. The number of benzene rings is 1. The van der Waals surface area contributed by atoms with Crippen molar-refractivity contribution in [1.29, 1.82) is 0 Å². The van der Waals surface area contributed by atoms with Crippen LogP contribution in [0.2, 0.25) is 0 Å². The summed E-state index contributed by atoms with van der Waals surface area (Å²) in [6.07, 6.45) is -0.245. The Bertz CT molecular complexity index is 553. The SMILES string of the molecule is O=C(O)CC1COCCN1C(=O)Nc1ccc(F)c(F)c1. The molecule has 1 saturated heterocycles. The molecule has 0 radical (unpaired) electrons. The second kappa shape index (κ2) is 6.49. The molecular formula is C13H14F2N2O4. The number of carboxylic acid groups (broad SMARTS) is 1. The average Bonchev–Trinajstić information content (AvgIpc) is 2.43. The molecule has 1 fully saturated rings. The fourth-order valence-electron chi connectivity index (χ4n) is 2.06. The number of morpholine rings is 1. The lowest BCUT2D eigenvalue weighted by molar-refractivity contribution is -0.139. The normalized spacial score (nSPS) is 18.4. The second-order valence-corrected chi connectivity index (χ2v) is 4.58. The molecule has 1 aliphatic heterocycles. The molecular weight excluding hydrogens is 286 g/mol. The van der Waals surface area contributed by atoms with Crippen LogP contribution in [0.1, 0.15) is 6.42 Å². The predicted octanol–water partition coefficient (Wildman–Crippen LogP) is 1.67. The first-order chi connectivity index (χ1) is 9.97. The van der Waals surface area contributed by atoms with E-state index in [1.54, 1.807) is 0 Å².